The van der Waals surface area contributed by atoms with Crippen molar-refractivity contribution in [3.05, 3.63) is 30.1 Å². The zero-order valence-corrected chi connectivity index (χ0v) is 13.5. The summed E-state index contributed by atoms with van der Waals surface area (Å²) in [5.41, 5.74) is 1.36. The Morgan fingerprint density at radius 2 is 1.92 bits per heavy atom. The lowest BCUT2D eigenvalue weighted by atomic mass is 10.2. The number of hydrogen-bond acceptors (Lipinski definition) is 5. The maximum Gasteiger partial charge on any atom is 0.293 e. The fraction of sp³-hybridized carbons (Fsp3) is 0.438. The van der Waals surface area contributed by atoms with Gasteiger partial charge in [-0.05, 0) is 42.3 Å². The largest absolute Gasteiger partial charge is 0.346 e. The van der Waals surface area contributed by atoms with Crippen LogP contribution < -0.4 is 10.6 Å². The zero-order valence-electron chi connectivity index (χ0n) is 13.5. The summed E-state index contributed by atoms with van der Waals surface area (Å²) in [6.45, 7) is 1.79. The Bertz CT molecular complexity index is 718. The van der Waals surface area contributed by atoms with E-state index in [4.69, 9.17) is 0 Å². The van der Waals surface area contributed by atoms with Crippen LogP contribution in [0.3, 0.4) is 0 Å². The normalized spacial score (nSPS) is 14.5. The van der Waals surface area contributed by atoms with Crippen LogP contribution in [0.4, 0.5) is 5.69 Å². The van der Waals surface area contributed by atoms with E-state index in [0.29, 0.717) is 17.8 Å². The van der Waals surface area contributed by atoms with Crippen LogP contribution in [0.15, 0.2) is 24.3 Å². The highest BCUT2D eigenvalue weighted by molar-refractivity contribution is 5.91. The van der Waals surface area contributed by atoms with Crippen molar-refractivity contribution >= 4 is 17.5 Å². The number of aromatic nitrogens is 4. The van der Waals surface area contributed by atoms with Gasteiger partial charge in [-0.2, -0.15) is 0 Å². The van der Waals surface area contributed by atoms with E-state index in [1.165, 1.54) is 4.80 Å². The van der Waals surface area contributed by atoms with Gasteiger partial charge < -0.3 is 10.6 Å². The van der Waals surface area contributed by atoms with E-state index in [-0.39, 0.29) is 23.7 Å². The van der Waals surface area contributed by atoms with Gasteiger partial charge in [-0.15, -0.1) is 15.0 Å². The predicted molar refractivity (Wildman–Crippen MR) is 87.8 cm³/mol. The van der Waals surface area contributed by atoms with Crippen LogP contribution in [0.25, 0.3) is 5.69 Å². The Hall–Kier alpha value is -2.77. The molecule has 0 radical (unpaired) electrons. The van der Waals surface area contributed by atoms with Crippen LogP contribution in [0.5, 0.6) is 0 Å². The third-order valence-corrected chi connectivity index (χ3v) is 4.01. The van der Waals surface area contributed by atoms with E-state index in [9.17, 15) is 9.59 Å². The summed E-state index contributed by atoms with van der Waals surface area (Å²) >= 11 is 0. The molecule has 0 aliphatic heterocycles. The van der Waals surface area contributed by atoms with Crippen LogP contribution in [-0.4, -0.2) is 38.1 Å². The average molecular weight is 328 g/mol. The summed E-state index contributed by atoms with van der Waals surface area (Å²) in [4.78, 5) is 24.8. The molecular formula is C16H20N6O2. The number of carbonyl (C=O) groups is 2. The molecule has 2 aromatic rings. The molecule has 126 valence electrons. The van der Waals surface area contributed by atoms with Crippen molar-refractivity contribution in [2.45, 2.75) is 45.1 Å². The number of amides is 2. The monoisotopic (exact) mass is 328 g/mol. The summed E-state index contributed by atoms with van der Waals surface area (Å²) in [5, 5.41) is 17.6. The molecule has 1 heterocycles. The third kappa shape index (κ3) is 3.76. The van der Waals surface area contributed by atoms with Gasteiger partial charge in [-0.25, -0.2) is 0 Å². The number of nitrogens with zero attached hydrogens (tertiary/aromatic N) is 4. The van der Waals surface area contributed by atoms with Gasteiger partial charge in [0.2, 0.25) is 5.91 Å². The first-order chi connectivity index (χ1) is 11.7. The number of nitrogens with one attached hydrogen (secondary N) is 2. The molecule has 0 bridgehead atoms. The van der Waals surface area contributed by atoms with Gasteiger partial charge in [0.1, 0.15) is 0 Å². The summed E-state index contributed by atoms with van der Waals surface area (Å²) in [7, 11) is 0. The number of hydrogen-bond donors (Lipinski definition) is 2. The molecule has 8 nitrogen and oxygen atoms in total. The fourth-order valence-electron chi connectivity index (χ4n) is 2.66. The molecule has 3 rings (SSSR count). The minimum atomic E-state index is -0.292. The van der Waals surface area contributed by atoms with Crippen molar-refractivity contribution in [2.75, 3.05) is 5.32 Å². The first-order valence-corrected chi connectivity index (χ1v) is 8.17. The van der Waals surface area contributed by atoms with E-state index >= 15 is 0 Å². The van der Waals surface area contributed by atoms with E-state index in [0.717, 1.165) is 25.7 Å². The number of tetrazole rings is 1. The lowest BCUT2D eigenvalue weighted by Gasteiger charge is -2.08. The summed E-state index contributed by atoms with van der Waals surface area (Å²) < 4.78 is 0. The Morgan fingerprint density at radius 3 is 2.58 bits per heavy atom. The molecule has 1 aromatic carbocycles. The second-order valence-electron chi connectivity index (χ2n) is 5.81. The highest BCUT2D eigenvalue weighted by atomic mass is 16.2. The van der Waals surface area contributed by atoms with Crippen molar-refractivity contribution in [3.63, 3.8) is 0 Å². The van der Waals surface area contributed by atoms with Gasteiger partial charge in [0.05, 0.1) is 5.69 Å². The predicted octanol–water partition coefficient (Wildman–Crippen LogP) is 1.68. The van der Waals surface area contributed by atoms with Crippen LogP contribution in [0.1, 0.15) is 49.6 Å². The van der Waals surface area contributed by atoms with Gasteiger partial charge in [-0.1, -0.05) is 19.8 Å². The van der Waals surface area contributed by atoms with Gasteiger partial charge in [0.25, 0.3) is 11.7 Å². The van der Waals surface area contributed by atoms with E-state index in [2.05, 4.69) is 26.0 Å². The molecule has 1 saturated carbocycles. The number of carbonyl (C=O) groups excluding carboxylic acids is 2. The number of anilines is 1. The third-order valence-electron chi connectivity index (χ3n) is 4.01. The average Bonchev–Trinajstić information content (AvgIpc) is 3.27. The van der Waals surface area contributed by atoms with Crippen molar-refractivity contribution in [1.82, 2.24) is 25.5 Å². The minimum Gasteiger partial charge on any atom is -0.346 e. The molecule has 2 N–H and O–H groups in total. The van der Waals surface area contributed by atoms with Crippen molar-refractivity contribution in [1.29, 1.82) is 0 Å². The van der Waals surface area contributed by atoms with Crippen LogP contribution in [0, 0.1) is 0 Å². The Labute approximate surface area is 139 Å². The maximum absolute atomic E-state index is 12.1. The molecule has 8 heteroatoms. The minimum absolute atomic E-state index is 0.0486. The fourth-order valence-corrected chi connectivity index (χ4v) is 2.66. The van der Waals surface area contributed by atoms with E-state index in [1.54, 1.807) is 31.2 Å². The molecule has 24 heavy (non-hydrogen) atoms. The molecule has 0 saturated heterocycles. The van der Waals surface area contributed by atoms with Crippen LogP contribution >= 0.6 is 0 Å². The smallest absolute Gasteiger partial charge is 0.293 e. The van der Waals surface area contributed by atoms with Gasteiger partial charge in [-0.3, -0.25) is 9.59 Å². The Balaban J connectivity index is 1.66. The van der Waals surface area contributed by atoms with Gasteiger partial charge >= 0.3 is 0 Å². The first kappa shape index (κ1) is 16.1. The van der Waals surface area contributed by atoms with Crippen molar-refractivity contribution < 1.29 is 9.59 Å². The van der Waals surface area contributed by atoms with Gasteiger partial charge in [0.15, 0.2) is 0 Å². The van der Waals surface area contributed by atoms with E-state index in [1.807, 2.05) is 0 Å². The number of benzene rings is 1. The second-order valence-corrected chi connectivity index (χ2v) is 5.81. The van der Waals surface area contributed by atoms with Crippen LogP contribution in [0.2, 0.25) is 0 Å². The van der Waals surface area contributed by atoms with Crippen molar-refractivity contribution in [2.24, 2.45) is 0 Å². The molecule has 1 fully saturated rings. The summed E-state index contributed by atoms with van der Waals surface area (Å²) in [6.07, 6.45) is 4.72. The Morgan fingerprint density at radius 1 is 1.21 bits per heavy atom. The van der Waals surface area contributed by atoms with Crippen molar-refractivity contribution in [3.8, 4) is 5.69 Å². The van der Waals surface area contributed by atoms with Gasteiger partial charge in [0, 0.05) is 18.2 Å². The lowest BCUT2D eigenvalue weighted by Crippen LogP contribution is -2.33. The molecule has 2 amide bonds. The molecular weight excluding hydrogens is 308 g/mol. The highest BCUT2D eigenvalue weighted by Crippen LogP contribution is 2.18. The molecule has 0 atom stereocenters. The zero-order chi connectivity index (χ0) is 16.9. The van der Waals surface area contributed by atoms with E-state index < -0.39 is 0 Å². The SMILES string of the molecule is CCC(=O)Nc1ccc(-n2nnc(C(=O)NC3CCCC3)n2)cc1. The first-order valence-electron chi connectivity index (χ1n) is 8.17. The molecule has 1 aromatic heterocycles. The molecule has 0 unspecified atom stereocenters. The quantitative estimate of drug-likeness (QED) is 0.869. The topological polar surface area (TPSA) is 102 Å². The molecule has 0 spiro atoms. The standard InChI is InChI=1S/C16H20N6O2/c1-2-14(23)17-12-7-9-13(10-8-12)22-20-15(19-21-22)16(24)18-11-5-3-4-6-11/h7-11H,2-6H2,1H3,(H,17,23)(H,18,24). The summed E-state index contributed by atoms with van der Waals surface area (Å²) in [6, 6.07) is 7.23. The molecule has 1 aliphatic rings. The van der Waals surface area contributed by atoms with Crippen LogP contribution in [-0.2, 0) is 4.79 Å². The number of rotatable bonds is 5. The Kier molecular flexibility index (Phi) is 4.83. The summed E-state index contributed by atoms with van der Waals surface area (Å²) in [5.74, 6) is -0.280. The highest BCUT2D eigenvalue weighted by Gasteiger charge is 2.21. The lowest BCUT2D eigenvalue weighted by molar-refractivity contribution is -0.115. The maximum atomic E-state index is 12.1. The second kappa shape index (κ2) is 7.20. The molecule has 1 aliphatic carbocycles.